The molecule has 0 aromatic carbocycles. The molecule has 0 saturated heterocycles. The Kier molecular flexibility index (Phi) is 8.95. The van der Waals surface area contributed by atoms with Crippen LogP contribution in [0.3, 0.4) is 0 Å². The number of hydrogen-bond donors (Lipinski definition) is 6. The summed E-state index contributed by atoms with van der Waals surface area (Å²) < 4.78 is 0. The quantitative estimate of drug-likeness (QED) is 0.219. The van der Waals surface area contributed by atoms with Gasteiger partial charge in [0.25, 0.3) is 0 Å². The summed E-state index contributed by atoms with van der Waals surface area (Å²) in [5.74, 6) is -4.10. The third kappa shape index (κ3) is 6.57. The third-order valence-corrected chi connectivity index (χ3v) is 2.99. The number of aliphatic hydroxyl groups is 3. The zero-order valence-electron chi connectivity index (χ0n) is 12.5. The van der Waals surface area contributed by atoms with E-state index >= 15 is 0 Å². The molecule has 0 spiro atoms. The van der Waals surface area contributed by atoms with Crippen LogP contribution in [0, 0.1) is 5.41 Å². The molecule has 0 aliphatic heterocycles. The maximum Gasteiger partial charge on any atom is 0.328 e. The van der Waals surface area contributed by atoms with E-state index in [9.17, 15) is 29.7 Å². The normalized spacial score (nSPS) is 12.1. The van der Waals surface area contributed by atoms with Gasteiger partial charge in [0.05, 0.1) is 25.2 Å². The molecule has 0 fully saturated rings. The summed E-state index contributed by atoms with van der Waals surface area (Å²) in [6, 6.07) is 0. The molecule has 6 N–H and O–H groups in total. The third-order valence-electron chi connectivity index (χ3n) is 2.99. The number of carboxylic acids is 3. The molecule has 0 aromatic rings. The van der Waals surface area contributed by atoms with Crippen LogP contribution in [0.2, 0.25) is 0 Å². The molecule has 0 saturated carbocycles. The molecule has 0 amide bonds. The lowest BCUT2D eigenvalue weighted by atomic mass is 9.79. The molecule has 9 nitrogen and oxygen atoms in total. The molecule has 0 bridgehead atoms. The van der Waals surface area contributed by atoms with Crippen molar-refractivity contribution in [3.05, 3.63) is 47.6 Å². The van der Waals surface area contributed by atoms with Crippen molar-refractivity contribution in [1.29, 1.82) is 0 Å². The molecule has 0 unspecified atom stereocenters. The second-order valence-corrected chi connectivity index (χ2v) is 4.64. The molecule has 24 heavy (non-hydrogen) atoms. The van der Waals surface area contributed by atoms with E-state index in [1.54, 1.807) is 0 Å². The van der Waals surface area contributed by atoms with Crippen molar-refractivity contribution >= 4 is 17.9 Å². The predicted molar refractivity (Wildman–Crippen MR) is 81.0 cm³/mol. The van der Waals surface area contributed by atoms with Crippen molar-refractivity contribution < 1.29 is 45.0 Å². The predicted octanol–water partition coefficient (Wildman–Crippen LogP) is -0.831. The average molecular weight is 342 g/mol. The highest BCUT2D eigenvalue weighted by atomic mass is 16.4. The van der Waals surface area contributed by atoms with Crippen molar-refractivity contribution in [2.45, 2.75) is 0 Å². The van der Waals surface area contributed by atoms with E-state index < -0.39 is 43.1 Å². The Morgan fingerprint density at radius 3 is 1.25 bits per heavy atom. The van der Waals surface area contributed by atoms with E-state index in [0.717, 1.165) is 18.2 Å². The summed E-state index contributed by atoms with van der Waals surface area (Å²) in [5, 5.41) is 54.6. The number of carboxylic acid groups (broad SMARTS) is 3. The standard InChI is InChI=1S/C15H18O9/c16-7-15(8-17,9-18)11(3-6-14(23)24)10(1-4-12(19)20)2-5-13(21)22/h1-6,16-18H,7-9H2,(H,19,20)(H,21,22)(H,23,24). The van der Waals surface area contributed by atoms with Gasteiger partial charge in [-0.05, 0) is 23.3 Å². The lowest BCUT2D eigenvalue weighted by Gasteiger charge is -2.30. The largest absolute Gasteiger partial charge is 0.478 e. The zero-order chi connectivity index (χ0) is 18.8. The second-order valence-electron chi connectivity index (χ2n) is 4.64. The number of allylic oxidation sites excluding steroid dienone is 4. The lowest BCUT2D eigenvalue weighted by molar-refractivity contribution is -0.132. The number of aliphatic hydroxyl groups excluding tert-OH is 3. The molecule has 0 radical (unpaired) electrons. The molecule has 0 aromatic heterocycles. The fraction of sp³-hybridized carbons (Fsp3) is 0.267. The monoisotopic (exact) mass is 342 g/mol. The van der Waals surface area contributed by atoms with Crippen LogP contribution in [-0.4, -0.2) is 68.4 Å². The lowest BCUT2D eigenvalue weighted by Crippen LogP contribution is -2.36. The first-order valence-corrected chi connectivity index (χ1v) is 6.52. The maximum atomic E-state index is 10.7. The summed E-state index contributed by atoms with van der Waals surface area (Å²) in [6.07, 6.45) is 4.82. The van der Waals surface area contributed by atoms with Gasteiger partial charge in [-0.15, -0.1) is 0 Å². The number of hydrogen-bond acceptors (Lipinski definition) is 6. The summed E-state index contributed by atoms with van der Waals surface area (Å²) >= 11 is 0. The van der Waals surface area contributed by atoms with Gasteiger partial charge in [-0.25, -0.2) is 14.4 Å². The van der Waals surface area contributed by atoms with Crippen LogP contribution in [-0.2, 0) is 14.4 Å². The minimum atomic E-state index is -1.72. The van der Waals surface area contributed by atoms with Crippen LogP contribution in [0.5, 0.6) is 0 Å². The van der Waals surface area contributed by atoms with Crippen LogP contribution in [0.4, 0.5) is 0 Å². The SMILES string of the molecule is O=C(O)C=CC(C=CC(=O)O)=C(C=CC(=O)O)C(CO)(CO)CO. The van der Waals surface area contributed by atoms with Crippen LogP contribution in [0.25, 0.3) is 0 Å². The molecule has 0 rings (SSSR count). The molecule has 0 heterocycles. The Hall–Kier alpha value is -2.75. The molecule has 0 aliphatic rings. The first-order valence-electron chi connectivity index (χ1n) is 6.52. The van der Waals surface area contributed by atoms with Gasteiger partial charge in [0.1, 0.15) is 0 Å². The van der Waals surface area contributed by atoms with Crippen molar-refractivity contribution in [1.82, 2.24) is 0 Å². The van der Waals surface area contributed by atoms with Gasteiger partial charge in [-0.1, -0.05) is 6.08 Å². The van der Waals surface area contributed by atoms with Crippen LogP contribution < -0.4 is 0 Å². The number of rotatable bonds is 10. The summed E-state index contributed by atoms with van der Waals surface area (Å²) in [4.78, 5) is 32.1. The molecular weight excluding hydrogens is 324 g/mol. The zero-order valence-corrected chi connectivity index (χ0v) is 12.5. The van der Waals surface area contributed by atoms with Gasteiger partial charge in [0.15, 0.2) is 0 Å². The summed E-state index contributed by atoms with van der Waals surface area (Å²) in [6.45, 7) is -2.40. The fourth-order valence-corrected chi connectivity index (χ4v) is 1.70. The van der Waals surface area contributed by atoms with Gasteiger partial charge in [-0.2, -0.15) is 0 Å². The average Bonchev–Trinajstić information content (AvgIpc) is 2.52. The molecule has 0 aliphatic carbocycles. The van der Waals surface area contributed by atoms with Crippen LogP contribution in [0.15, 0.2) is 47.6 Å². The fourth-order valence-electron chi connectivity index (χ4n) is 1.70. The van der Waals surface area contributed by atoms with Gasteiger partial charge < -0.3 is 30.6 Å². The number of carbonyl (C=O) groups is 3. The van der Waals surface area contributed by atoms with E-state index in [2.05, 4.69) is 0 Å². The second kappa shape index (κ2) is 10.1. The number of aliphatic carboxylic acids is 3. The van der Waals surface area contributed by atoms with E-state index in [1.807, 2.05) is 0 Å². The van der Waals surface area contributed by atoms with Gasteiger partial charge in [-0.3, -0.25) is 0 Å². The van der Waals surface area contributed by atoms with E-state index in [0.29, 0.717) is 18.2 Å². The van der Waals surface area contributed by atoms with E-state index in [-0.39, 0.29) is 11.1 Å². The first-order chi connectivity index (χ1) is 11.2. The Bertz CT molecular complexity index is 558. The van der Waals surface area contributed by atoms with Gasteiger partial charge >= 0.3 is 17.9 Å². The van der Waals surface area contributed by atoms with Gasteiger partial charge in [0, 0.05) is 18.2 Å². The topological polar surface area (TPSA) is 173 Å². The Morgan fingerprint density at radius 2 is 0.958 bits per heavy atom. The minimum Gasteiger partial charge on any atom is -0.478 e. The maximum absolute atomic E-state index is 10.7. The smallest absolute Gasteiger partial charge is 0.328 e. The Labute approximate surface area is 136 Å². The van der Waals surface area contributed by atoms with Crippen molar-refractivity contribution in [2.75, 3.05) is 19.8 Å². The summed E-state index contributed by atoms with van der Waals surface area (Å²) in [5.41, 5.74) is -1.98. The highest BCUT2D eigenvalue weighted by Crippen LogP contribution is 2.31. The Balaban J connectivity index is 6.55. The highest BCUT2D eigenvalue weighted by molar-refractivity contribution is 5.83. The van der Waals surface area contributed by atoms with Crippen LogP contribution in [0.1, 0.15) is 0 Å². The first kappa shape index (κ1) is 21.2. The summed E-state index contributed by atoms with van der Waals surface area (Å²) in [7, 11) is 0. The van der Waals surface area contributed by atoms with Crippen LogP contribution >= 0.6 is 0 Å². The molecule has 9 heteroatoms. The van der Waals surface area contributed by atoms with Gasteiger partial charge in [0.2, 0.25) is 0 Å². The van der Waals surface area contributed by atoms with Crippen molar-refractivity contribution in [3.63, 3.8) is 0 Å². The van der Waals surface area contributed by atoms with E-state index in [1.165, 1.54) is 0 Å². The van der Waals surface area contributed by atoms with Crippen molar-refractivity contribution in [3.8, 4) is 0 Å². The van der Waals surface area contributed by atoms with Crippen molar-refractivity contribution in [2.24, 2.45) is 5.41 Å². The highest BCUT2D eigenvalue weighted by Gasteiger charge is 2.33. The molecular formula is C15H18O9. The molecule has 0 atom stereocenters. The Morgan fingerprint density at radius 1 is 0.625 bits per heavy atom. The molecule has 132 valence electrons. The minimum absolute atomic E-state index is 0.116. The van der Waals surface area contributed by atoms with E-state index in [4.69, 9.17) is 15.3 Å².